The number of carbonyl (C=O) groups excluding carboxylic acids is 1. The van der Waals surface area contributed by atoms with E-state index in [1.807, 2.05) is 32.3 Å². The largest absolute Gasteiger partial charge is 0.481 e. The summed E-state index contributed by atoms with van der Waals surface area (Å²) in [6, 6.07) is 12.4. The van der Waals surface area contributed by atoms with Crippen molar-refractivity contribution in [3.8, 4) is 17.0 Å². The lowest BCUT2D eigenvalue weighted by atomic mass is 9.73. The SMILES string of the molecule is CNC(=O)[C@@]1(Cc2ccccc2-c2cccnc2)CCCN(Cc2c(C)nn(C)c2OC)C1. The monoisotopic (exact) mass is 447 g/mol. The van der Waals surface area contributed by atoms with E-state index in [2.05, 4.69) is 44.6 Å². The molecule has 1 amide bonds. The number of hydrogen-bond acceptors (Lipinski definition) is 5. The fourth-order valence-electron chi connectivity index (χ4n) is 5.22. The molecular formula is C26H33N5O2. The number of piperidine rings is 1. The summed E-state index contributed by atoms with van der Waals surface area (Å²) in [5.41, 5.74) is 4.93. The van der Waals surface area contributed by atoms with Gasteiger partial charge in [-0.25, -0.2) is 4.68 Å². The van der Waals surface area contributed by atoms with Crippen LogP contribution in [0.1, 0.15) is 29.7 Å². The van der Waals surface area contributed by atoms with Gasteiger partial charge in [-0.05, 0) is 49.9 Å². The highest BCUT2D eigenvalue weighted by atomic mass is 16.5. The number of amides is 1. The van der Waals surface area contributed by atoms with Gasteiger partial charge in [0.1, 0.15) is 0 Å². The van der Waals surface area contributed by atoms with Crippen LogP contribution in [-0.4, -0.2) is 52.8 Å². The van der Waals surface area contributed by atoms with Crippen molar-refractivity contribution < 1.29 is 9.53 Å². The van der Waals surface area contributed by atoms with Gasteiger partial charge in [0.2, 0.25) is 11.8 Å². The standard InChI is InChI=1S/C26H33N5O2/c1-19-23(24(33-4)30(3)29-19)17-31-14-8-12-26(18-31,25(32)27-2)15-20-9-5-6-11-22(20)21-10-7-13-28-16-21/h5-7,9-11,13,16H,8,12,14-15,17-18H2,1-4H3,(H,27,32)/t26-/m1/s1. The zero-order valence-corrected chi connectivity index (χ0v) is 20.0. The molecule has 1 saturated heterocycles. The third-order valence-electron chi connectivity index (χ3n) is 6.75. The predicted molar refractivity (Wildman–Crippen MR) is 129 cm³/mol. The average Bonchev–Trinajstić information content (AvgIpc) is 3.11. The van der Waals surface area contributed by atoms with Gasteiger partial charge in [0, 0.05) is 45.1 Å². The molecule has 1 aromatic carbocycles. The van der Waals surface area contributed by atoms with Gasteiger partial charge < -0.3 is 10.1 Å². The molecule has 0 unspecified atom stereocenters. The van der Waals surface area contributed by atoms with Crippen LogP contribution < -0.4 is 10.1 Å². The number of carbonyl (C=O) groups is 1. The molecule has 4 rings (SSSR count). The van der Waals surface area contributed by atoms with Crippen LogP contribution in [0.4, 0.5) is 0 Å². The maximum atomic E-state index is 13.3. The lowest BCUT2D eigenvalue weighted by molar-refractivity contribution is -0.134. The summed E-state index contributed by atoms with van der Waals surface area (Å²) in [5.74, 6) is 0.883. The molecular weight excluding hydrogens is 414 g/mol. The van der Waals surface area contributed by atoms with Gasteiger partial charge in [-0.2, -0.15) is 5.10 Å². The number of hydrogen-bond donors (Lipinski definition) is 1. The molecule has 0 spiro atoms. The molecule has 7 heteroatoms. The smallest absolute Gasteiger partial charge is 0.227 e. The minimum atomic E-state index is -0.505. The van der Waals surface area contributed by atoms with Crippen LogP contribution in [0.2, 0.25) is 0 Å². The number of pyridine rings is 1. The van der Waals surface area contributed by atoms with Crippen molar-refractivity contribution >= 4 is 5.91 Å². The van der Waals surface area contributed by atoms with Crippen LogP contribution in [0.5, 0.6) is 5.88 Å². The number of aromatic nitrogens is 3. The van der Waals surface area contributed by atoms with E-state index in [4.69, 9.17) is 4.74 Å². The molecule has 0 radical (unpaired) electrons. The Labute approximate surface area is 195 Å². The molecule has 1 aliphatic rings. The van der Waals surface area contributed by atoms with Crippen molar-refractivity contribution in [2.24, 2.45) is 12.5 Å². The first kappa shape index (κ1) is 23.0. The fourth-order valence-corrected chi connectivity index (χ4v) is 5.22. The second-order valence-electron chi connectivity index (χ2n) is 8.95. The molecule has 1 fully saturated rings. The van der Waals surface area contributed by atoms with E-state index in [9.17, 15) is 4.79 Å². The second kappa shape index (κ2) is 9.75. The summed E-state index contributed by atoms with van der Waals surface area (Å²) >= 11 is 0. The molecule has 3 heterocycles. The van der Waals surface area contributed by atoms with E-state index in [1.54, 1.807) is 25.0 Å². The maximum Gasteiger partial charge on any atom is 0.227 e. The molecule has 1 N–H and O–H groups in total. The molecule has 1 aliphatic heterocycles. The summed E-state index contributed by atoms with van der Waals surface area (Å²) < 4.78 is 7.39. The first-order chi connectivity index (χ1) is 16.0. The summed E-state index contributed by atoms with van der Waals surface area (Å²) in [6.45, 7) is 4.36. The zero-order valence-electron chi connectivity index (χ0n) is 20.0. The summed E-state index contributed by atoms with van der Waals surface area (Å²) in [5, 5.41) is 7.49. The first-order valence-electron chi connectivity index (χ1n) is 11.5. The lowest BCUT2D eigenvalue weighted by Gasteiger charge is -2.42. The van der Waals surface area contributed by atoms with Crippen LogP contribution in [0.15, 0.2) is 48.8 Å². The van der Waals surface area contributed by atoms with Crippen LogP contribution in [0.3, 0.4) is 0 Å². The number of aryl methyl sites for hydroxylation is 2. The van der Waals surface area contributed by atoms with E-state index in [1.165, 1.54) is 5.56 Å². The number of ether oxygens (including phenoxy) is 1. The van der Waals surface area contributed by atoms with E-state index in [0.29, 0.717) is 19.5 Å². The maximum absolute atomic E-state index is 13.3. The summed E-state index contributed by atoms with van der Waals surface area (Å²) in [7, 11) is 5.32. The number of likely N-dealkylation sites (tertiary alicyclic amines) is 1. The van der Waals surface area contributed by atoms with Crippen molar-refractivity contribution in [2.45, 2.75) is 32.7 Å². The van der Waals surface area contributed by atoms with Gasteiger partial charge in [0.05, 0.1) is 23.8 Å². The van der Waals surface area contributed by atoms with E-state index < -0.39 is 5.41 Å². The molecule has 0 aliphatic carbocycles. The van der Waals surface area contributed by atoms with Gasteiger partial charge in [-0.1, -0.05) is 30.3 Å². The Hall–Kier alpha value is -3.19. The third-order valence-corrected chi connectivity index (χ3v) is 6.75. The number of methoxy groups -OCH3 is 1. The Morgan fingerprint density at radius 2 is 2.06 bits per heavy atom. The molecule has 174 valence electrons. The fraction of sp³-hybridized carbons (Fsp3) is 0.423. The Balaban J connectivity index is 1.65. The van der Waals surface area contributed by atoms with Crippen LogP contribution in [0, 0.1) is 12.3 Å². The molecule has 2 aromatic heterocycles. The van der Waals surface area contributed by atoms with Gasteiger partial charge in [0.25, 0.3) is 0 Å². The highest BCUT2D eigenvalue weighted by Gasteiger charge is 2.42. The third kappa shape index (κ3) is 4.64. The van der Waals surface area contributed by atoms with Gasteiger partial charge in [-0.3, -0.25) is 14.7 Å². The molecule has 0 bridgehead atoms. The summed E-state index contributed by atoms with van der Waals surface area (Å²) in [4.78, 5) is 20.0. The quantitative estimate of drug-likeness (QED) is 0.601. The number of benzene rings is 1. The van der Waals surface area contributed by atoms with Gasteiger partial charge in [0.15, 0.2) is 0 Å². The second-order valence-corrected chi connectivity index (χ2v) is 8.95. The van der Waals surface area contributed by atoms with Crippen LogP contribution in [0.25, 0.3) is 11.1 Å². The predicted octanol–water partition coefficient (Wildman–Crippen LogP) is 3.37. The zero-order chi connectivity index (χ0) is 23.4. The number of rotatable bonds is 7. The minimum absolute atomic E-state index is 0.100. The van der Waals surface area contributed by atoms with Crippen molar-refractivity contribution in [3.05, 3.63) is 65.6 Å². The van der Waals surface area contributed by atoms with E-state index >= 15 is 0 Å². The van der Waals surface area contributed by atoms with Crippen LogP contribution in [-0.2, 0) is 24.8 Å². The van der Waals surface area contributed by atoms with E-state index in [0.717, 1.165) is 47.7 Å². The van der Waals surface area contributed by atoms with Crippen LogP contribution >= 0.6 is 0 Å². The van der Waals surface area contributed by atoms with Gasteiger partial charge in [-0.15, -0.1) is 0 Å². The first-order valence-corrected chi connectivity index (χ1v) is 11.5. The Morgan fingerprint density at radius 1 is 1.24 bits per heavy atom. The number of nitrogens with one attached hydrogen (secondary N) is 1. The molecule has 1 atom stereocenters. The van der Waals surface area contributed by atoms with Crippen molar-refractivity contribution in [1.29, 1.82) is 0 Å². The lowest BCUT2D eigenvalue weighted by Crippen LogP contribution is -2.52. The number of nitrogens with zero attached hydrogens (tertiary/aromatic N) is 4. The normalized spacial score (nSPS) is 18.8. The Kier molecular flexibility index (Phi) is 6.79. The molecule has 0 saturated carbocycles. The van der Waals surface area contributed by atoms with E-state index in [-0.39, 0.29) is 5.91 Å². The minimum Gasteiger partial charge on any atom is -0.481 e. The molecule has 7 nitrogen and oxygen atoms in total. The van der Waals surface area contributed by atoms with Gasteiger partial charge >= 0.3 is 0 Å². The van der Waals surface area contributed by atoms with Crippen molar-refractivity contribution in [3.63, 3.8) is 0 Å². The highest BCUT2D eigenvalue weighted by molar-refractivity contribution is 5.83. The summed E-state index contributed by atoms with van der Waals surface area (Å²) in [6.07, 6.45) is 6.16. The highest BCUT2D eigenvalue weighted by Crippen LogP contribution is 2.38. The topological polar surface area (TPSA) is 72.3 Å². The van der Waals surface area contributed by atoms with Crippen molar-refractivity contribution in [1.82, 2.24) is 25.0 Å². The Morgan fingerprint density at radius 3 is 2.79 bits per heavy atom. The average molecular weight is 448 g/mol. The molecule has 33 heavy (non-hydrogen) atoms. The van der Waals surface area contributed by atoms with Crippen molar-refractivity contribution in [2.75, 3.05) is 27.2 Å². The molecule has 3 aromatic rings. The Bertz CT molecular complexity index is 1110.